The van der Waals surface area contributed by atoms with Crippen LogP contribution < -0.4 is 11.1 Å². The molecule has 19 heavy (non-hydrogen) atoms. The van der Waals surface area contributed by atoms with Gasteiger partial charge in [-0.2, -0.15) is 0 Å². The van der Waals surface area contributed by atoms with Crippen LogP contribution in [0, 0.1) is 0 Å². The largest absolute Gasteiger partial charge is 0.347 e. The highest BCUT2D eigenvalue weighted by Gasteiger charge is 2.17. The predicted octanol–water partition coefficient (Wildman–Crippen LogP) is 0.153. The summed E-state index contributed by atoms with van der Waals surface area (Å²) in [5.41, 5.74) is 6.49. The van der Waals surface area contributed by atoms with Crippen LogP contribution in [0.4, 0.5) is 0 Å². The van der Waals surface area contributed by atoms with Gasteiger partial charge in [-0.1, -0.05) is 30.3 Å². The summed E-state index contributed by atoms with van der Waals surface area (Å²) in [4.78, 5) is 24.5. The Hall–Kier alpha value is -1.88. The number of nitrogens with one attached hydrogen (secondary N) is 1. The summed E-state index contributed by atoms with van der Waals surface area (Å²) in [7, 11) is 1.63. The molecule has 1 rings (SSSR count). The van der Waals surface area contributed by atoms with Crippen molar-refractivity contribution in [1.82, 2.24) is 10.2 Å². The van der Waals surface area contributed by atoms with Crippen LogP contribution >= 0.6 is 0 Å². The molecule has 3 N–H and O–H groups in total. The van der Waals surface area contributed by atoms with E-state index < -0.39 is 11.8 Å². The van der Waals surface area contributed by atoms with E-state index >= 15 is 0 Å². The number of benzene rings is 1. The second-order valence-corrected chi connectivity index (χ2v) is 4.36. The first-order valence-electron chi connectivity index (χ1n) is 6.42. The summed E-state index contributed by atoms with van der Waals surface area (Å²) in [5, 5.41) is 2.47. The molecule has 104 valence electrons. The van der Waals surface area contributed by atoms with Crippen molar-refractivity contribution < 1.29 is 9.59 Å². The molecular weight excluding hydrogens is 242 g/mol. The topological polar surface area (TPSA) is 75.4 Å². The summed E-state index contributed by atoms with van der Waals surface area (Å²) in [6.45, 7) is 1.21. The van der Waals surface area contributed by atoms with Crippen LogP contribution in [0.2, 0.25) is 0 Å². The fourth-order valence-corrected chi connectivity index (χ4v) is 1.70. The van der Waals surface area contributed by atoms with Crippen molar-refractivity contribution in [2.75, 3.05) is 26.7 Å². The molecule has 0 saturated heterocycles. The molecule has 0 unspecified atom stereocenters. The minimum atomic E-state index is -0.590. The number of rotatable bonds is 6. The molecular formula is C14H21N3O2. The van der Waals surface area contributed by atoms with Gasteiger partial charge in [-0.15, -0.1) is 0 Å². The zero-order valence-corrected chi connectivity index (χ0v) is 11.3. The van der Waals surface area contributed by atoms with Gasteiger partial charge >= 0.3 is 11.8 Å². The van der Waals surface area contributed by atoms with Gasteiger partial charge in [0.2, 0.25) is 0 Å². The number of aryl methyl sites for hydroxylation is 1. The van der Waals surface area contributed by atoms with Crippen LogP contribution in [-0.4, -0.2) is 43.4 Å². The summed E-state index contributed by atoms with van der Waals surface area (Å²) in [6.07, 6.45) is 1.72. The molecule has 1 aromatic rings. The van der Waals surface area contributed by atoms with E-state index in [1.807, 2.05) is 18.2 Å². The average molecular weight is 263 g/mol. The number of carbonyl (C=O) groups is 2. The fourth-order valence-electron chi connectivity index (χ4n) is 1.70. The van der Waals surface area contributed by atoms with Gasteiger partial charge in [-0.25, -0.2) is 0 Å². The van der Waals surface area contributed by atoms with Gasteiger partial charge in [-0.05, 0) is 18.4 Å². The Morgan fingerprint density at radius 3 is 2.58 bits per heavy atom. The number of nitrogens with zero attached hydrogens (tertiary/aromatic N) is 1. The van der Waals surface area contributed by atoms with E-state index in [-0.39, 0.29) is 0 Å². The molecule has 0 aromatic heterocycles. The second-order valence-electron chi connectivity index (χ2n) is 4.36. The van der Waals surface area contributed by atoms with Crippen molar-refractivity contribution in [2.45, 2.75) is 12.8 Å². The number of carbonyl (C=O) groups excluding carboxylic acids is 2. The van der Waals surface area contributed by atoms with Gasteiger partial charge in [0, 0.05) is 26.7 Å². The predicted molar refractivity (Wildman–Crippen MR) is 74.5 cm³/mol. The standard InChI is InChI=1S/C14H21N3O2/c1-17(14(19)13(18)16-10-9-15)11-5-8-12-6-3-2-4-7-12/h2-4,6-7H,5,8-11,15H2,1H3,(H,16,18). The highest BCUT2D eigenvalue weighted by atomic mass is 16.2. The molecule has 0 radical (unpaired) electrons. The Labute approximate surface area is 113 Å². The monoisotopic (exact) mass is 263 g/mol. The van der Waals surface area contributed by atoms with Crippen molar-refractivity contribution in [3.8, 4) is 0 Å². The number of nitrogens with two attached hydrogens (primary N) is 1. The maximum atomic E-state index is 11.7. The Bertz CT molecular complexity index is 406. The third-order valence-electron chi connectivity index (χ3n) is 2.77. The third-order valence-corrected chi connectivity index (χ3v) is 2.77. The highest BCUT2D eigenvalue weighted by molar-refractivity contribution is 6.34. The SMILES string of the molecule is CN(CCCc1ccccc1)C(=O)C(=O)NCCN. The number of hydrogen-bond donors (Lipinski definition) is 2. The summed E-state index contributed by atoms with van der Waals surface area (Å²) < 4.78 is 0. The van der Waals surface area contributed by atoms with E-state index in [9.17, 15) is 9.59 Å². The normalized spacial score (nSPS) is 10.0. The van der Waals surface area contributed by atoms with Gasteiger partial charge in [0.15, 0.2) is 0 Å². The van der Waals surface area contributed by atoms with Crippen LogP contribution in [-0.2, 0) is 16.0 Å². The molecule has 0 fully saturated rings. The third kappa shape index (κ3) is 5.52. The van der Waals surface area contributed by atoms with E-state index in [0.717, 1.165) is 12.8 Å². The maximum Gasteiger partial charge on any atom is 0.311 e. The Morgan fingerprint density at radius 1 is 1.26 bits per heavy atom. The number of amides is 2. The van der Waals surface area contributed by atoms with Gasteiger partial charge in [0.1, 0.15) is 0 Å². The van der Waals surface area contributed by atoms with Crippen molar-refractivity contribution in [3.63, 3.8) is 0 Å². The lowest BCUT2D eigenvalue weighted by Gasteiger charge is -2.16. The van der Waals surface area contributed by atoms with Gasteiger partial charge in [0.25, 0.3) is 0 Å². The molecule has 0 saturated carbocycles. The van der Waals surface area contributed by atoms with E-state index in [1.54, 1.807) is 7.05 Å². The zero-order valence-electron chi connectivity index (χ0n) is 11.3. The van der Waals surface area contributed by atoms with E-state index in [1.165, 1.54) is 10.5 Å². The lowest BCUT2D eigenvalue weighted by Crippen LogP contribution is -2.42. The molecule has 0 spiro atoms. The van der Waals surface area contributed by atoms with Crippen molar-refractivity contribution >= 4 is 11.8 Å². The molecule has 5 nitrogen and oxygen atoms in total. The second kappa shape index (κ2) is 8.26. The summed E-state index contributed by atoms with van der Waals surface area (Å²) in [5.74, 6) is -1.10. The number of hydrogen-bond acceptors (Lipinski definition) is 3. The molecule has 0 aliphatic carbocycles. The van der Waals surface area contributed by atoms with Crippen LogP contribution in [0.3, 0.4) is 0 Å². The van der Waals surface area contributed by atoms with Crippen molar-refractivity contribution in [2.24, 2.45) is 5.73 Å². The van der Waals surface area contributed by atoms with E-state index in [4.69, 9.17) is 5.73 Å². The minimum absolute atomic E-state index is 0.322. The van der Waals surface area contributed by atoms with Gasteiger partial charge in [-0.3, -0.25) is 9.59 Å². The Balaban J connectivity index is 2.28. The molecule has 2 amide bonds. The van der Waals surface area contributed by atoms with Crippen LogP contribution in [0.25, 0.3) is 0 Å². The average Bonchev–Trinajstić information content (AvgIpc) is 2.44. The lowest BCUT2D eigenvalue weighted by atomic mass is 10.1. The molecule has 0 aliphatic rings. The van der Waals surface area contributed by atoms with Crippen molar-refractivity contribution in [1.29, 1.82) is 0 Å². The van der Waals surface area contributed by atoms with Crippen LogP contribution in [0.5, 0.6) is 0 Å². The van der Waals surface area contributed by atoms with Gasteiger partial charge in [0.05, 0.1) is 0 Å². The molecule has 0 bridgehead atoms. The fraction of sp³-hybridized carbons (Fsp3) is 0.429. The minimum Gasteiger partial charge on any atom is -0.347 e. The summed E-state index contributed by atoms with van der Waals surface area (Å²) in [6, 6.07) is 10.1. The smallest absolute Gasteiger partial charge is 0.311 e. The first-order chi connectivity index (χ1) is 9.15. The molecule has 0 atom stereocenters. The van der Waals surface area contributed by atoms with E-state index in [2.05, 4.69) is 17.4 Å². The maximum absolute atomic E-state index is 11.7. The van der Waals surface area contributed by atoms with E-state index in [0.29, 0.717) is 19.6 Å². The van der Waals surface area contributed by atoms with Crippen LogP contribution in [0.1, 0.15) is 12.0 Å². The molecule has 5 heteroatoms. The zero-order chi connectivity index (χ0) is 14.1. The Kier molecular flexibility index (Phi) is 6.60. The first-order valence-corrected chi connectivity index (χ1v) is 6.42. The van der Waals surface area contributed by atoms with Gasteiger partial charge < -0.3 is 16.0 Å². The highest BCUT2D eigenvalue weighted by Crippen LogP contribution is 2.03. The van der Waals surface area contributed by atoms with Crippen LogP contribution in [0.15, 0.2) is 30.3 Å². The Morgan fingerprint density at radius 2 is 1.95 bits per heavy atom. The quantitative estimate of drug-likeness (QED) is 0.718. The molecule has 0 aliphatic heterocycles. The van der Waals surface area contributed by atoms with Crippen molar-refractivity contribution in [3.05, 3.63) is 35.9 Å². The first kappa shape index (κ1) is 15.2. The molecule has 1 aromatic carbocycles. The lowest BCUT2D eigenvalue weighted by molar-refractivity contribution is -0.144. The number of likely N-dealkylation sites (N-methyl/N-ethyl adjacent to an activating group) is 1. The summed E-state index contributed by atoms with van der Waals surface area (Å²) >= 11 is 0. The molecule has 0 heterocycles.